The third-order valence-electron chi connectivity index (χ3n) is 2.23. The smallest absolute Gasteiger partial charge is 0.322 e. The zero-order valence-electron chi connectivity index (χ0n) is 8.75. The van der Waals surface area contributed by atoms with Gasteiger partial charge in [0.15, 0.2) is 5.82 Å². The quantitative estimate of drug-likeness (QED) is 0.799. The van der Waals surface area contributed by atoms with Gasteiger partial charge in [-0.3, -0.25) is 9.78 Å². The number of pyridine rings is 2. The SMILES string of the molecule is O=c1cc(C(F)(F)F)cc(-c2ccncc2F)[nH]1. The first-order valence-corrected chi connectivity index (χ1v) is 4.79. The van der Waals surface area contributed by atoms with E-state index in [0.717, 1.165) is 6.20 Å². The molecule has 0 radical (unpaired) electrons. The summed E-state index contributed by atoms with van der Waals surface area (Å²) in [5.74, 6) is -0.813. The van der Waals surface area contributed by atoms with Gasteiger partial charge in [0.25, 0.3) is 0 Å². The van der Waals surface area contributed by atoms with Gasteiger partial charge < -0.3 is 4.98 Å². The lowest BCUT2D eigenvalue weighted by Crippen LogP contribution is -2.14. The fourth-order valence-electron chi connectivity index (χ4n) is 1.45. The Kier molecular flexibility index (Phi) is 2.90. The second-order valence-electron chi connectivity index (χ2n) is 3.50. The van der Waals surface area contributed by atoms with Gasteiger partial charge >= 0.3 is 6.18 Å². The predicted molar refractivity (Wildman–Crippen MR) is 55.3 cm³/mol. The van der Waals surface area contributed by atoms with Crippen molar-refractivity contribution in [3.05, 3.63) is 52.3 Å². The Balaban J connectivity index is 2.63. The van der Waals surface area contributed by atoms with Crippen molar-refractivity contribution in [2.75, 3.05) is 0 Å². The Morgan fingerprint density at radius 1 is 1.22 bits per heavy atom. The van der Waals surface area contributed by atoms with Gasteiger partial charge in [0, 0.05) is 17.8 Å². The van der Waals surface area contributed by atoms with Gasteiger partial charge in [-0.2, -0.15) is 13.2 Å². The lowest BCUT2D eigenvalue weighted by Gasteiger charge is -2.08. The maximum atomic E-state index is 13.4. The van der Waals surface area contributed by atoms with Crippen LogP contribution in [-0.4, -0.2) is 9.97 Å². The summed E-state index contributed by atoms with van der Waals surface area (Å²) in [5, 5.41) is 0. The van der Waals surface area contributed by atoms with Crippen molar-refractivity contribution in [1.82, 2.24) is 9.97 Å². The highest BCUT2D eigenvalue weighted by molar-refractivity contribution is 5.59. The summed E-state index contributed by atoms with van der Waals surface area (Å²) in [4.78, 5) is 16.8. The third kappa shape index (κ3) is 2.39. The van der Waals surface area contributed by atoms with Crippen LogP contribution >= 0.6 is 0 Å². The number of nitrogens with one attached hydrogen (secondary N) is 1. The number of hydrogen-bond acceptors (Lipinski definition) is 2. The van der Waals surface area contributed by atoms with E-state index < -0.39 is 23.1 Å². The lowest BCUT2D eigenvalue weighted by atomic mass is 10.1. The molecule has 0 saturated heterocycles. The highest BCUT2D eigenvalue weighted by Gasteiger charge is 2.31. The molecule has 0 aliphatic heterocycles. The molecule has 0 saturated carbocycles. The first kappa shape index (κ1) is 12.3. The first-order chi connectivity index (χ1) is 8.38. The van der Waals surface area contributed by atoms with E-state index in [1.54, 1.807) is 0 Å². The molecule has 0 fully saturated rings. The third-order valence-corrected chi connectivity index (χ3v) is 2.23. The molecular formula is C11H6F4N2O. The fourth-order valence-corrected chi connectivity index (χ4v) is 1.45. The van der Waals surface area contributed by atoms with Gasteiger partial charge in [-0.05, 0) is 12.1 Å². The summed E-state index contributed by atoms with van der Waals surface area (Å²) in [6, 6.07) is 2.28. The molecule has 1 N–H and O–H groups in total. The monoisotopic (exact) mass is 258 g/mol. The van der Waals surface area contributed by atoms with Crippen LogP contribution in [0.15, 0.2) is 35.4 Å². The number of halogens is 4. The summed E-state index contributed by atoms with van der Waals surface area (Å²) >= 11 is 0. The van der Waals surface area contributed by atoms with Crippen LogP contribution in [0.5, 0.6) is 0 Å². The van der Waals surface area contributed by atoms with E-state index in [2.05, 4.69) is 9.97 Å². The number of rotatable bonds is 1. The van der Waals surface area contributed by atoms with Gasteiger partial charge in [0.1, 0.15) is 0 Å². The molecule has 0 bridgehead atoms. The second kappa shape index (κ2) is 4.25. The minimum Gasteiger partial charge on any atom is -0.322 e. The summed E-state index contributed by atoms with van der Waals surface area (Å²) in [5.41, 5.74) is -2.46. The van der Waals surface area contributed by atoms with Gasteiger partial charge in [0.2, 0.25) is 5.56 Å². The topological polar surface area (TPSA) is 45.8 Å². The Bertz CT molecular complexity index is 633. The molecule has 2 aromatic rings. The van der Waals surface area contributed by atoms with Gasteiger partial charge in [0.05, 0.1) is 17.5 Å². The van der Waals surface area contributed by atoms with E-state index in [-0.39, 0.29) is 11.3 Å². The maximum absolute atomic E-state index is 13.4. The van der Waals surface area contributed by atoms with E-state index in [4.69, 9.17) is 0 Å². The Labute approximate surface area is 98.1 Å². The number of aromatic amines is 1. The van der Waals surface area contributed by atoms with Crippen molar-refractivity contribution in [2.24, 2.45) is 0 Å². The van der Waals surface area contributed by atoms with Crippen molar-refractivity contribution in [1.29, 1.82) is 0 Å². The number of aromatic nitrogens is 2. The van der Waals surface area contributed by atoms with Crippen molar-refractivity contribution < 1.29 is 17.6 Å². The first-order valence-electron chi connectivity index (χ1n) is 4.79. The highest BCUT2D eigenvalue weighted by Crippen LogP contribution is 2.30. The Morgan fingerprint density at radius 3 is 2.56 bits per heavy atom. The number of nitrogens with zero attached hydrogens (tertiary/aromatic N) is 1. The number of H-pyrrole nitrogens is 1. The molecule has 2 rings (SSSR count). The van der Waals surface area contributed by atoms with Crippen LogP contribution in [0.2, 0.25) is 0 Å². The van der Waals surface area contributed by atoms with Crippen LogP contribution in [0.4, 0.5) is 17.6 Å². The fraction of sp³-hybridized carbons (Fsp3) is 0.0909. The van der Waals surface area contributed by atoms with Crippen molar-refractivity contribution in [3.63, 3.8) is 0 Å². The Morgan fingerprint density at radius 2 is 1.94 bits per heavy atom. The van der Waals surface area contributed by atoms with Crippen LogP contribution in [0.3, 0.4) is 0 Å². The summed E-state index contributed by atoms with van der Waals surface area (Å²) < 4.78 is 50.9. The lowest BCUT2D eigenvalue weighted by molar-refractivity contribution is -0.137. The van der Waals surface area contributed by atoms with Crippen LogP contribution in [0, 0.1) is 5.82 Å². The van der Waals surface area contributed by atoms with E-state index >= 15 is 0 Å². The second-order valence-corrected chi connectivity index (χ2v) is 3.50. The summed E-state index contributed by atoms with van der Waals surface area (Å²) in [7, 11) is 0. The normalized spacial score (nSPS) is 11.6. The molecule has 0 aromatic carbocycles. The molecule has 7 heteroatoms. The standard InChI is InChI=1S/C11H6F4N2O/c12-8-5-16-2-1-7(8)9-3-6(11(13,14)15)4-10(18)17-9/h1-5H,(H,17,18). The number of alkyl halides is 3. The molecule has 3 nitrogen and oxygen atoms in total. The minimum atomic E-state index is -4.66. The van der Waals surface area contributed by atoms with Gasteiger partial charge in [-0.15, -0.1) is 0 Å². The van der Waals surface area contributed by atoms with Crippen LogP contribution in [-0.2, 0) is 6.18 Å². The zero-order chi connectivity index (χ0) is 13.3. The summed E-state index contributed by atoms with van der Waals surface area (Å²) in [6.07, 6.45) is -2.59. The molecule has 0 aliphatic carbocycles. The molecule has 0 unspecified atom stereocenters. The molecule has 2 aromatic heterocycles. The molecule has 0 spiro atoms. The molecule has 18 heavy (non-hydrogen) atoms. The Hall–Kier alpha value is -2.18. The van der Waals surface area contributed by atoms with Crippen molar-refractivity contribution >= 4 is 0 Å². The molecule has 2 heterocycles. The summed E-state index contributed by atoms with van der Waals surface area (Å²) in [6.45, 7) is 0. The predicted octanol–water partition coefficient (Wildman–Crippen LogP) is 2.59. The molecule has 0 aliphatic rings. The maximum Gasteiger partial charge on any atom is 0.416 e. The number of hydrogen-bond donors (Lipinski definition) is 1. The van der Waals surface area contributed by atoms with Crippen molar-refractivity contribution in [3.8, 4) is 11.3 Å². The molecule has 0 atom stereocenters. The molecule has 94 valence electrons. The largest absolute Gasteiger partial charge is 0.416 e. The molecular weight excluding hydrogens is 252 g/mol. The average molecular weight is 258 g/mol. The van der Waals surface area contributed by atoms with E-state index in [9.17, 15) is 22.4 Å². The zero-order valence-corrected chi connectivity index (χ0v) is 8.75. The van der Waals surface area contributed by atoms with Crippen LogP contribution in [0.25, 0.3) is 11.3 Å². The molecule has 0 amide bonds. The van der Waals surface area contributed by atoms with Crippen LogP contribution in [0.1, 0.15) is 5.56 Å². The van der Waals surface area contributed by atoms with Gasteiger partial charge in [-0.25, -0.2) is 4.39 Å². The average Bonchev–Trinajstić information content (AvgIpc) is 2.27. The van der Waals surface area contributed by atoms with Gasteiger partial charge in [-0.1, -0.05) is 0 Å². The minimum absolute atomic E-state index is 0.145. The van der Waals surface area contributed by atoms with E-state index in [1.807, 2.05) is 0 Å². The van der Waals surface area contributed by atoms with E-state index in [1.165, 1.54) is 12.3 Å². The van der Waals surface area contributed by atoms with Crippen LogP contribution < -0.4 is 5.56 Å². The highest BCUT2D eigenvalue weighted by atomic mass is 19.4. The van der Waals surface area contributed by atoms with E-state index in [0.29, 0.717) is 12.1 Å². The van der Waals surface area contributed by atoms with Crippen molar-refractivity contribution in [2.45, 2.75) is 6.18 Å².